The van der Waals surface area contributed by atoms with E-state index in [0.29, 0.717) is 6.08 Å². The minimum absolute atomic E-state index is 0.395. The maximum Gasteiger partial charge on any atom is 0.466 e. The maximum absolute atomic E-state index is 12.1. The summed E-state index contributed by atoms with van der Waals surface area (Å²) in [6, 6.07) is 0. The summed E-state index contributed by atoms with van der Waals surface area (Å²) in [5.74, 6) is -4.58. The molecule has 0 fully saturated rings. The van der Waals surface area contributed by atoms with E-state index >= 15 is 0 Å². The van der Waals surface area contributed by atoms with Crippen molar-refractivity contribution in [1.82, 2.24) is 0 Å². The van der Waals surface area contributed by atoms with Crippen molar-refractivity contribution in [2.45, 2.75) is 25.4 Å². The van der Waals surface area contributed by atoms with Gasteiger partial charge >= 0.3 is 20.2 Å². The molecular weight excluding hydrogens is 262 g/mol. The highest BCUT2D eigenvalue weighted by Crippen LogP contribution is 2.29. The molecule has 0 spiro atoms. The normalized spacial score (nSPS) is 14.9. The average Bonchev–Trinajstić information content (AvgIpc) is 2.01. The van der Waals surface area contributed by atoms with Crippen molar-refractivity contribution in [3.8, 4) is 0 Å². The number of phosphoric acid groups is 1. The first-order chi connectivity index (χ1) is 6.92. The summed E-state index contributed by atoms with van der Waals surface area (Å²) >= 11 is 0. The lowest BCUT2D eigenvalue weighted by atomic mass is 10.2. The summed E-state index contributed by atoms with van der Waals surface area (Å²) in [6.07, 6.45) is -5.52. The van der Waals surface area contributed by atoms with Gasteiger partial charge < -0.3 is 14.7 Å². The van der Waals surface area contributed by atoms with Crippen molar-refractivity contribution in [3.05, 3.63) is 12.2 Å². The SMILES string of the molecule is CC=CC(F)C(F)(F)C(F)F.O=P(O)(O)O. The number of allylic oxidation sites excluding steroid dienone is 2. The molecule has 0 bridgehead atoms. The van der Waals surface area contributed by atoms with Gasteiger partial charge in [0.1, 0.15) is 0 Å². The Balaban J connectivity index is 0. The third-order valence-corrected chi connectivity index (χ3v) is 1.02. The molecule has 0 aromatic carbocycles. The number of rotatable bonds is 3. The van der Waals surface area contributed by atoms with Crippen molar-refractivity contribution in [1.29, 1.82) is 0 Å². The molecule has 98 valence electrons. The standard InChI is InChI=1S/C6H7F5.H3O4P/c1-2-3-4(7)6(10,11)5(8)9;1-5(2,3)4/h2-5H,1H3;(H3,1,2,3,4). The van der Waals surface area contributed by atoms with Crippen molar-refractivity contribution in [2.24, 2.45) is 0 Å². The Morgan fingerprint density at radius 1 is 1.19 bits per heavy atom. The monoisotopic (exact) mass is 272 g/mol. The van der Waals surface area contributed by atoms with Gasteiger partial charge in [-0.15, -0.1) is 0 Å². The highest BCUT2D eigenvalue weighted by Gasteiger charge is 2.48. The van der Waals surface area contributed by atoms with Gasteiger partial charge in [0, 0.05) is 0 Å². The van der Waals surface area contributed by atoms with E-state index in [2.05, 4.69) is 0 Å². The van der Waals surface area contributed by atoms with Crippen LogP contribution in [0.3, 0.4) is 0 Å². The van der Waals surface area contributed by atoms with Crippen LogP contribution in [0.15, 0.2) is 12.2 Å². The molecule has 0 aliphatic carbocycles. The van der Waals surface area contributed by atoms with Gasteiger partial charge in [-0.05, 0) is 13.0 Å². The van der Waals surface area contributed by atoms with Crippen LogP contribution in [0, 0.1) is 0 Å². The molecule has 0 aromatic rings. The average molecular weight is 272 g/mol. The van der Waals surface area contributed by atoms with Gasteiger partial charge in [-0.2, -0.15) is 8.78 Å². The Kier molecular flexibility index (Phi) is 7.77. The van der Waals surface area contributed by atoms with E-state index in [4.69, 9.17) is 19.2 Å². The maximum atomic E-state index is 12.1. The minimum atomic E-state index is -4.64. The molecule has 0 aliphatic rings. The first kappa shape index (κ1) is 17.9. The van der Waals surface area contributed by atoms with Crippen molar-refractivity contribution in [3.63, 3.8) is 0 Å². The summed E-state index contributed by atoms with van der Waals surface area (Å²) in [6.45, 7) is 1.27. The van der Waals surface area contributed by atoms with Crippen LogP contribution in [0.25, 0.3) is 0 Å². The molecule has 0 radical (unpaired) electrons. The summed E-state index contributed by atoms with van der Waals surface area (Å²) < 4.78 is 67.6. The summed E-state index contributed by atoms with van der Waals surface area (Å²) in [4.78, 5) is 21.6. The Hall–Kier alpha value is -0.500. The van der Waals surface area contributed by atoms with E-state index < -0.39 is 26.3 Å². The van der Waals surface area contributed by atoms with Gasteiger partial charge in [-0.3, -0.25) is 0 Å². The largest absolute Gasteiger partial charge is 0.466 e. The molecule has 0 aromatic heterocycles. The molecule has 0 aliphatic heterocycles. The fourth-order valence-corrected chi connectivity index (χ4v) is 0.418. The fourth-order valence-electron chi connectivity index (χ4n) is 0.418. The molecule has 0 heterocycles. The van der Waals surface area contributed by atoms with Crippen molar-refractivity contribution >= 4 is 7.82 Å². The van der Waals surface area contributed by atoms with Crippen LogP contribution in [0.1, 0.15) is 6.92 Å². The van der Waals surface area contributed by atoms with Crippen LogP contribution in [0.2, 0.25) is 0 Å². The zero-order valence-electron chi connectivity index (χ0n) is 7.90. The van der Waals surface area contributed by atoms with Crippen LogP contribution in [0.4, 0.5) is 22.0 Å². The zero-order valence-corrected chi connectivity index (χ0v) is 8.79. The van der Waals surface area contributed by atoms with Gasteiger partial charge in [-0.25, -0.2) is 17.7 Å². The van der Waals surface area contributed by atoms with Gasteiger partial charge in [-0.1, -0.05) is 6.08 Å². The Labute approximate surface area is 87.6 Å². The second-order valence-electron chi connectivity index (χ2n) is 2.42. The first-order valence-electron chi connectivity index (χ1n) is 3.64. The molecule has 1 atom stereocenters. The van der Waals surface area contributed by atoms with Gasteiger partial charge in [0.15, 0.2) is 6.17 Å². The second-order valence-corrected chi connectivity index (χ2v) is 3.44. The summed E-state index contributed by atoms with van der Waals surface area (Å²) in [5, 5.41) is 0. The van der Waals surface area contributed by atoms with Crippen LogP contribution in [0.5, 0.6) is 0 Å². The number of alkyl halides is 5. The molecule has 16 heavy (non-hydrogen) atoms. The van der Waals surface area contributed by atoms with Gasteiger partial charge in [0.05, 0.1) is 0 Å². The summed E-state index contributed by atoms with van der Waals surface area (Å²) in [7, 11) is -4.64. The number of halogens is 5. The molecule has 4 nitrogen and oxygen atoms in total. The first-order valence-corrected chi connectivity index (χ1v) is 5.20. The third kappa shape index (κ3) is 10.0. The molecule has 0 saturated heterocycles. The quantitative estimate of drug-likeness (QED) is 0.416. The van der Waals surface area contributed by atoms with Crippen LogP contribution >= 0.6 is 7.82 Å². The molecule has 0 saturated carbocycles. The minimum Gasteiger partial charge on any atom is -0.303 e. The molecule has 1 unspecified atom stereocenters. The molecular formula is C6H10F5O4P. The number of hydrogen-bond acceptors (Lipinski definition) is 1. The zero-order chi connectivity index (χ0) is 13.6. The van der Waals surface area contributed by atoms with Crippen LogP contribution in [-0.4, -0.2) is 33.2 Å². The van der Waals surface area contributed by atoms with Crippen LogP contribution in [-0.2, 0) is 4.57 Å². The van der Waals surface area contributed by atoms with E-state index in [1.807, 2.05) is 0 Å². The molecule has 3 N–H and O–H groups in total. The smallest absolute Gasteiger partial charge is 0.303 e. The Morgan fingerprint density at radius 3 is 1.69 bits per heavy atom. The van der Waals surface area contributed by atoms with E-state index in [-0.39, 0.29) is 0 Å². The van der Waals surface area contributed by atoms with Crippen LogP contribution < -0.4 is 0 Å². The van der Waals surface area contributed by atoms with E-state index in [1.165, 1.54) is 6.92 Å². The molecule has 0 rings (SSSR count). The second kappa shape index (κ2) is 6.95. The number of hydrogen-bond donors (Lipinski definition) is 3. The highest BCUT2D eigenvalue weighted by molar-refractivity contribution is 7.45. The topological polar surface area (TPSA) is 77.8 Å². The van der Waals surface area contributed by atoms with E-state index in [1.54, 1.807) is 0 Å². The Bertz CT molecular complexity index is 255. The van der Waals surface area contributed by atoms with Crippen molar-refractivity contribution < 1.29 is 41.2 Å². The Morgan fingerprint density at radius 2 is 1.50 bits per heavy atom. The molecule has 0 amide bonds. The highest BCUT2D eigenvalue weighted by atomic mass is 31.2. The third-order valence-electron chi connectivity index (χ3n) is 1.02. The lowest BCUT2D eigenvalue weighted by Gasteiger charge is -2.16. The fraction of sp³-hybridized carbons (Fsp3) is 0.667. The summed E-state index contributed by atoms with van der Waals surface area (Å²) in [5.41, 5.74) is 0. The predicted octanol–water partition coefficient (Wildman–Crippen LogP) is 1.87. The van der Waals surface area contributed by atoms with E-state index in [0.717, 1.165) is 6.08 Å². The lowest BCUT2D eigenvalue weighted by Crippen LogP contribution is -2.36. The van der Waals surface area contributed by atoms with Gasteiger partial charge in [0.25, 0.3) is 0 Å². The predicted molar refractivity (Wildman–Crippen MR) is 44.9 cm³/mol. The lowest BCUT2D eigenvalue weighted by molar-refractivity contribution is -0.158. The van der Waals surface area contributed by atoms with E-state index in [9.17, 15) is 22.0 Å². The molecule has 10 heteroatoms. The van der Waals surface area contributed by atoms with Gasteiger partial charge in [0.2, 0.25) is 0 Å². The van der Waals surface area contributed by atoms with Crippen molar-refractivity contribution in [2.75, 3.05) is 0 Å².